The zero-order valence-corrected chi connectivity index (χ0v) is 11.1. The minimum absolute atomic E-state index is 0.0749. The van der Waals surface area contributed by atoms with Crippen molar-refractivity contribution in [2.75, 3.05) is 0 Å². The molecule has 0 unspecified atom stereocenters. The molecule has 19 heavy (non-hydrogen) atoms. The van der Waals surface area contributed by atoms with Crippen molar-refractivity contribution < 1.29 is 4.39 Å². The molecule has 0 spiro atoms. The summed E-state index contributed by atoms with van der Waals surface area (Å²) in [6, 6.07) is 14.0. The molecule has 3 rings (SSSR count). The number of benzene rings is 2. The van der Waals surface area contributed by atoms with Gasteiger partial charge in [0.15, 0.2) is 0 Å². The van der Waals surface area contributed by atoms with Gasteiger partial charge in [-0.1, -0.05) is 49.4 Å². The van der Waals surface area contributed by atoms with Crippen molar-refractivity contribution in [2.24, 2.45) is 0 Å². The molecule has 1 aliphatic rings. The molecule has 0 radical (unpaired) electrons. The summed E-state index contributed by atoms with van der Waals surface area (Å²) in [5.41, 5.74) is 5.80. The number of allylic oxidation sites excluding steroid dienone is 1. The number of rotatable bonds is 2. The Morgan fingerprint density at radius 1 is 1.00 bits per heavy atom. The van der Waals surface area contributed by atoms with Gasteiger partial charge >= 0.3 is 0 Å². The smallest absolute Gasteiger partial charge is 0.127 e. The summed E-state index contributed by atoms with van der Waals surface area (Å²) in [5, 5.41) is 0. The first-order valence-corrected chi connectivity index (χ1v) is 6.85. The van der Waals surface area contributed by atoms with Gasteiger partial charge in [-0.3, -0.25) is 0 Å². The molecule has 0 atom stereocenters. The van der Waals surface area contributed by atoms with Crippen molar-refractivity contribution in [3.8, 4) is 0 Å². The lowest BCUT2D eigenvalue weighted by Gasteiger charge is -2.17. The van der Waals surface area contributed by atoms with Crippen molar-refractivity contribution in [2.45, 2.75) is 26.2 Å². The van der Waals surface area contributed by atoms with Gasteiger partial charge in [-0.2, -0.15) is 0 Å². The quantitative estimate of drug-likeness (QED) is 0.715. The number of hydrogen-bond donors (Lipinski definition) is 0. The third kappa shape index (κ3) is 2.33. The van der Waals surface area contributed by atoms with E-state index in [0.717, 1.165) is 30.4 Å². The summed E-state index contributed by atoms with van der Waals surface area (Å²) in [6.07, 6.45) is 4.90. The molecule has 2 aromatic carbocycles. The van der Waals surface area contributed by atoms with E-state index in [1.807, 2.05) is 6.07 Å². The fraction of sp³-hybridized carbons (Fsp3) is 0.222. The Hall–Kier alpha value is -1.89. The largest absolute Gasteiger partial charge is 0.207 e. The van der Waals surface area contributed by atoms with Crippen molar-refractivity contribution in [1.82, 2.24) is 0 Å². The Morgan fingerprint density at radius 3 is 2.53 bits per heavy atom. The summed E-state index contributed by atoms with van der Waals surface area (Å²) in [4.78, 5) is 0. The highest BCUT2D eigenvalue weighted by atomic mass is 19.1. The molecule has 0 N–H and O–H groups in total. The van der Waals surface area contributed by atoms with Gasteiger partial charge in [0, 0.05) is 0 Å². The van der Waals surface area contributed by atoms with Gasteiger partial charge in [-0.05, 0) is 53.2 Å². The van der Waals surface area contributed by atoms with Gasteiger partial charge in [-0.25, -0.2) is 4.39 Å². The third-order valence-electron chi connectivity index (χ3n) is 3.86. The number of fused-ring (bicyclic) bond motifs is 1. The predicted octanol–water partition coefficient (Wildman–Crippen LogP) is 4.87. The molecule has 0 nitrogen and oxygen atoms in total. The van der Waals surface area contributed by atoms with Crippen LogP contribution >= 0.6 is 0 Å². The summed E-state index contributed by atoms with van der Waals surface area (Å²) < 4.78 is 13.7. The topological polar surface area (TPSA) is 0 Å². The first-order valence-electron chi connectivity index (χ1n) is 6.85. The molecular weight excluding hydrogens is 235 g/mol. The minimum atomic E-state index is -0.0749. The Bertz CT molecular complexity index is 621. The molecule has 0 fully saturated rings. The van der Waals surface area contributed by atoms with Gasteiger partial charge in [-0.15, -0.1) is 0 Å². The van der Waals surface area contributed by atoms with Crippen molar-refractivity contribution in [1.29, 1.82) is 0 Å². The van der Waals surface area contributed by atoms with E-state index in [1.165, 1.54) is 16.7 Å². The monoisotopic (exact) mass is 252 g/mol. The number of hydrogen-bond acceptors (Lipinski definition) is 0. The van der Waals surface area contributed by atoms with Crippen LogP contribution in [-0.4, -0.2) is 0 Å². The van der Waals surface area contributed by atoms with Crippen LogP contribution in [-0.2, 0) is 12.8 Å². The Labute approximate surface area is 113 Å². The van der Waals surface area contributed by atoms with E-state index < -0.39 is 0 Å². The van der Waals surface area contributed by atoms with Crippen LogP contribution in [0.15, 0.2) is 42.5 Å². The molecule has 1 aliphatic carbocycles. The lowest BCUT2D eigenvalue weighted by atomic mass is 9.88. The molecule has 0 aliphatic heterocycles. The molecule has 2 aromatic rings. The molecule has 96 valence electrons. The van der Waals surface area contributed by atoms with Crippen LogP contribution in [0.25, 0.3) is 11.6 Å². The predicted molar refractivity (Wildman–Crippen MR) is 78.4 cm³/mol. The van der Waals surface area contributed by atoms with Crippen LogP contribution in [0.2, 0.25) is 0 Å². The average molecular weight is 252 g/mol. The summed E-state index contributed by atoms with van der Waals surface area (Å²) >= 11 is 0. The molecule has 0 saturated carbocycles. The van der Waals surface area contributed by atoms with Gasteiger partial charge < -0.3 is 0 Å². The molecule has 0 bridgehead atoms. The van der Waals surface area contributed by atoms with Gasteiger partial charge in [0.25, 0.3) is 0 Å². The lowest BCUT2D eigenvalue weighted by molar-refractivity contribution is 0.608. The van der Waals surface area contributed by atoms with Crippen LogP contribution in [0, 0.1) is 5.82 Å². The maximum atomic E-state index is 13.7. The van der Waals surface area contributed by atoms with Crippen LogP contribution < -0.4 is 0 Å². The lowest BCUT2D eigenvalue weighted by Crippen LogP contribution is -2.01. The second kappa shape index (κ2) is 5.00. The molecule has 0 amide bonds. The van der Waals surface area contributed by atoms with E-state index in [1.54, 1.807) is 12.1 Å². The van der Waals surface area contributed by atoms with Crippen LogP contribution in [0.5, 0.6) is 0 Å². The molecular formula is C18H17F. The van der Waals surface area contributed by atoms with Gasteiger partial charge in [0.2, 0.25) is 0 Å². The number of aryl methyl sites for hydroxylation is 1. The van der Waals surface area contributed by atoms with E-state index in [-0.39, 0.29) is 5.82 Å². The van der Waals surface area contributed by atoms with E-state index >= 15 is 0 Å². The van der Waals surface area contributed by atoms with Crippen LogP contribution in [0.4, 0.5) is 4.39 Å². The Kier molecular flexibility index (Phi) is 3.20. The normalized spacial score (nSPS) is 13.9. The van der Waals surface area contributed by atoms with Crippen molar-refractivity contribution in [3.63, 3.8) is 0 Å². The first kappa shape index (κ1) is 12.2. The standard InChI is InChI=1S/C18H17F/c1-2-13-6-8-14(9-7-13)15-10-11-17-16(12-15)4-3-5-18(17)19/h3-9,12H,2,10-11H2,1H3. The fourth-order valence-electron chi connectivity index (χ4n) is 2.68. The Morgan fingerprint density at radius 2 is 1.79 bits per heavy atom. The maximum Gasteiger partial charge on any atom is 0.127 e. The number of halogens is 1. The van der Waals surface area contributed by atoms with Crippen LogP contribution in [0.1, 0.15) is 35.6 Å². The van der Waals surface area contributed by atoms with E-state index in [0.29, 0.717) is 0 Å². The second-order valence-electron chi connectivity index (χ2n) is 5.03. The van der Waals surface area contributed by atoms with E-state index in [2.05, 4.69) is 37.3 Å². The molecule has 0 aromatic heterocycles. The Balaban J connectivity index is 1.98. The molecule has 0 saturated heterocycles. The SMILES string of the molecule is CCc1ccc(C2=Cc3cccc(F)c3CC2)cc1. The van der Waals surface area contributed by atoms with E-state index in [4.69, 9.17) is 0 Å². The van der Waals surface area contributed by atoms with Crippen molar-refractivity contribution >= 4 is 11.6 Å². The highest BCUT2D eigenvalue weighted by molar-refractivity contribution is 5.84. The minimum Gasteiger partial charge on any atom is -0.207 e. The zero-order valence-electron chi connectivity index (χ0n) is 11.1. The van der Waals surface area contributed by atoms with Crippen LogP contribution in [0.3, 0.4) is 0 Å². The second-order valence-corrected chi connectivity index (χ2v) is 5.03. The first-order chi connectivity index (χ1) is 9.28. The highest BCUT2D eigenvalue weighted by Crippen LogP contribution is 2.31. The van der Waals surface area contributed by atoms with E-state index in [9.17, 15) is 4.39 Å². The maximum absolute atomic E-state index is 13.7. The fourth-order valence-corrected chi connectivity index (χ4v) is 2.68. The van der Waals surface area contributed by atoms with Gasteiger partial charge in [0.05, 0.1) is 0 Å². The van der Waals surface area contributed by atoms with Gasteiger partial charge in [0.1, 0.15) is 5.82 Å². The molecule has 1 heteroatoms. The summed E-state index contributed by atoms with van der Waals surface area (Å²) in [7, 11) is 0. The summed E-state index contributed by atoms with van der Waals surface area (Å²) in [6.45, 7) is 2.16. The zero-order chi connectivity index (χ0) is 13.2. The summed E-state index contributed by atoms with van der Waals surface area (Å²) in [5.74, 6) is -0.0749. The highest BCUT2D eigenvalue weighted by Gasteiger charge is 2.14. The van der Waals surface area contributed by atoms with Crippen molar-refractivity contribution in [3.05, 3.63) is 70.5 Å². The molecule has 0 heterocycles. The third-order valence-corrected chi connectivity index (χ3v) is 3.86. The average Bonchev–Trinajstić information content (AvgIpc) is 2.47.